The van der Waals surface area contributed by atoms with Gasteiger partial charge in [-0.05, 0) is 17.4 Å². The number of thiophene rings is 1. The van der Waals surface area contributed by atoms with Crippen molar-refractivity contribution >= 4 is 17.3 Å². The number of ether oxygens (including phenoxy) is 1. The predicted molar refractivity (Wildman–Crippen MR) is 122 cm³/mol. The second-order valence-corrected chi connectivity index (χ2v) is 9.02. The van der Waals surface area contributed by atoms with Crippen LogP contribution in [0.2, 0.25) is 0 Å². The molecule has 1 aliphatic heterocycles. The van der Waals surface area contributed by atoms with Crippen molar-refractivity contribution in [3.8, 4) is 0 Å². The van der Waals surface area contributed by atoms with Gasteiger partial charge in [0.25, 0.3) is 0 Å². The number of hydrogen-bond acceptors (Lipinski definition) is 6. The van der Waals surface area contributed by atoms with Crippen molar-refractivity contribution in [1.29, 1.82) is 0 Å². The van der Waals surface area contributed by atoms with Crippen molar-refractivity contribution in [2.45, 2.75) is 46.4 Å². The first-order valence-electron chi connectivity index (χ1n) is 10.9. The van der Waals surface area contributed by atoms with Crippen LogP contribution < -0.4 is 10.6 Å². The molecule has 0 spiro atoms. The van der Waals surface area contributed by atoms with E-state index in [1.807, 2.05) is 0 Å². The normalized spacial score (nSPS) is 18.1. The van der Waals surface area contributed by atoms with Gasteiger partial charge in [0.1, 0.15) is 12.2 Å². The van der Waals surface area contributed by atoms with Crippen LogP contribution in [0.5, 0.6) is 0 Å². The van der Waals surface area contributed by atoms with Crippen molar-refractivity contribution in [1.82, 2.24) is 30.3 Å². The highest BCUT2D eigenvalue weighted by Crippen LogP contribution is 2.10. The Morgan fingerprint density at radius 1 is 1.40 bits per heavy atom. The van der Waals surface area contributed by atoms with E-state index in [4.69, 9.17) is 9.73 Å². The molecule has 1 aliphatic rings. The van der Waals surface area contributed by atoms with Gasteiger partial charge in [-0.25, -0.2) is 4.99 Å². The van der Waals surface area contributed by atoms with Gasteiger partial charge in [0.15, 0.2) is 5.96 Å². The first-order valence-corrected chi connectivity index (χ1v) is 11.8. The number of nitrogens with one attached hydrogen (secondary N) is 2. The number of nitrogens with zero attached hydrogens (tertiary/aromatic N) is 5. The molecular formula is C21H35N7OS. The van der Waals surface area contributed by atoms with Gasteiger partial charge in [0.2, 0.25) is 0 Å². The zero-order chi connectivity index (χ0) is 21.2. The molecule has 3 heterocycles. The van der Waals surface area contributed by atoms with Gasteiger partial charge in [0, 0.05) is 50.6 Å². The highest BCUT2D eigenvalue weighted by molar-refractivity contribution is 7.09. The van der Waals surface area contributed by atoms with Crippen LogP contribution in [-0.2, 0) is 24.2 Å². The number of rotatable bonds is 10. The smallest absolute Gasteiger partial charge is 0.191 e. The summed E-state index contributed by atoms with van der Waals surface area (Å²) < 4.78 is 8.06. The van der Waals surface area contributed by atoms with Gasteiger partial charge in [0.05, 0.1) is 19.3 Å². The average molecular weight is 434 g/mol. The van der Waals surface area contributed by atoms with E-state index >= 15 is 0 Å². The Morgan fingerprint density at radius 3 is 3.07 bits per heavy atom. The second kappa shape index (κ2) is 12.0. The maximum absolute atomic E-state index is 5.98. The van der Waals surface area contributed by atoms with E-state index in [1.54, 1.807) is 17.7 Å². The summed E-state index contributed by atoms with van der Waals surface area (Å²) in [7, 11) is 0. The molecule has 3 rings (SSSR count). The van der Waals surface area contributed by atoms with Crippen LogP contribution in [0.3, 0.4) is 0 Å². The third kappa shape index (κ3) is 7.37. The van der Waals surface area contributed by atoms with Crippen LogP contribution in [0.25, 0.3) is 0 Å². The third-order valence-electron chi connectivity index (χ3n) is 4.97. The van der Waals surface area contributed by atoms with Gasteiger partial charge in [-0.15, -0.1) is 21.5 Å². The molecular weight excluding hydrogens is 398 g/mol. The van der Waals surface area contributed by atoms with Gasteiger partial charge in [-0.2, -0.15) is 0 Å². The minimum absolute atomic E-state index is 0.177. The Kier molecular flexibility index (Phi) is 9.10. The lowest BCUT2D eigenvalue weighted by Gasteiger charge is -2.34. The molecule has 2 N–H and O–H groups in total. The minimum Gasteiger partial charge on any atom is -0.374 e. The lowest BCUT2D eigenvalue weighted by atomic mass is 10.2. The molecule has 0 aromatic carbocycles. The Labute approximate surface area is 183 Å². The Morgan fingerprint density at radius 2 is 2.30 bits per heavy atom. The zero-order valence-corrected chi connectivity index (χ0v) is 19.2. The number of morpholine rings is 1. The molecule has 0 saturated carbocycles. The van der Waals surface area contributed by atoms with Crippen molar-refractivity contribution < 1.29 is 4.74 Å². The molecule has 0 bridgehead atoms. The molecule has 8 nitrogen and oxygen atoms in total. The fourth-order valence-corrected chi connectivity index (χ4v) is 4.19. The number of guanidine groups is 1. The summed E-state index contributed by atoms with van der Waals surface area (Å²) in [6.07, 6.45) is 2.84. The summed E-state index contributed by atoms with van der Waals surface area (Å²) in [5.74, 6) is 2.49. The van der Waals surface area contributed by atoms with Gasteiger partial charge in [-0.3, -0.25) is 4.90 Å². The topological polar surface area (TPSA) is 79.6 Å². The van der Waals surface area contributed by atoms with Crippen LogP contribution >= 0.6 is 11.3 Å². The van der Waals surface area contributed by atoms with E-state index in [1.165, 1.54) is 4.88 Å². The van der Waals surface area contributed by atoms with Crippen LogP contribution in [0, 0.1) is 5.92 Å². The van der Waals surface area contributed by atoms with Crippen LogP contribution in [0.4, 0.5) is 0 Å². The summed E-state index contributed by atoms with van der Waals surface area (Å²) in [4.78, 5) is 8.52. The van der Waals surface area contributed by atoms with E-state index in [0.29, 0.717) is 12.5 Å². The number of aliphatic imine (C=N–C) groups is 1. The highest BCUT2D eigenvalue weighted by atomic mass is 32.1. The standard InChI is InChI=1S/C21H35N7OS/c1-4-20-26-25-16-28(20)8-7-22-21(24-13-19-6-5-11-30-19)23-12-18-15-27(9-10-29-18)14-17(2)3/h5-6,11,16-18H,4,7-10,12-15H2,1-3H3,(H2,22,23,24). The SMILES string of the molecule is CCc1nncn1CCNC(=NCc1cccs1)NCC1CN(CC(C)C)CCO1. The predicted octanol–water partition coefficient (Wildman–Crippen LogP) is 1.99. The maximum Gasteiger partial charge on any atom is 0.191 e. The van der Waals surface area contributed by atoms with Gasteiger partial charge < -0.3 is 19.9 Å². The van der Waals surface area contributed by atoms with Crippen LogP contribution in [0.15, 0.2) is 28.8 Å². The molecule has 1 saturated heterocycles. The fraction of sp³-hybridized carbons (Fsp3) is 0.667. The van der Waals surface area contributed by atoms with E-state index in [2.05, 4.69) is 68.6 Å². The molecule has 30 heavy (non-hydrogen) atoms. The lowest BCUT2D eigenvalue weighted by Crippen LogP contribution is -2.50. The summed E-state index contributed by atoms with van der Waals surface area (Å²) in [5.41, 5.74) is 0. The van der Waals surface area contributed by atoms with Crippen molar-refractivity contribution in [2.75, 3.05) is 39.3 Å². The Hall–Kier alpha value is -1.97. The van der Waals surface area contributed by atoms with E-state index < -0.39 is 0 Å². The molecule has 166 valence electrons. The molecule has 1 fully saturated rings. The van der Waals surface area contributed by atoms with E-state index in [0.717, 1.165) is 64.1 Å². The van der Waals surface area contributed by atoms with Crippen molar-refractivity contribution in [3.05, 3.63) is 34.5 Å². The zero-order valence-electron chi connectivity index (χ0n) is 18.4. The molecule has 0 aliphatic carbocycles. The molecule has 9 heteroatoms. The molecule has 2 aromatic rings. The lowest BCUT2D eigenvalue weighted by molar-refractivity contribution is -0.0284. The van der Waals surface area contributed by atoms with Crippen LogP contribution in [-0.4, -0.2) is 71.1 Å². The quantitative estimate of drug-likeness (QED) is 0.441. The largest absolute Gasteiger partial charge is 0.374 e. The average Bonchev–Trinajstić information content (AvgIpc) is 3.41. The molecule has 2 aromatic heterocycles. The fourth-order valence-electron chi connectivity index (χ4n) is 3.56. The van der Waals surface area contributed by atoms with Crippen molar-refractivity contribution in [3.63, 3.8) is 0 Å². The second-order valence-electron chi connectivity index (χ2n) is 7.99. The van der Waals surface area contributed by atoms with Gasteiger partial charge in [-0.1, -0.05) is 26.8 Å². The number of aryl methyl sites for hydroxylation is 1. The van der Waals surface area contributed by atoms with E-state index in [9.17, 15) is 0 Å². The minimum atomic E-state index is 0.177. The number of aromatic nitrogens is 3. The summed E-state index contributed by atoms with van der Waals surface area (Å²) in [5, 5.41) is 17.2. The molecule has 0 amide bonds. The van der Waals surface area contributed by atoms with Crippen molar-refractivity contribution in [2.24, 2.45) is 10.9 Å². The van der Waals surface area contributed by atoms with E-state index in [-0.39, 0.29) is 6.10 Å². The highest BCUT2D eigenvalue weighted by Gasteiger charge is 2.21. The first-order chi connectivity index (χ1) is 14.6. The Balaban J connectivity index is 1.52. The third-order valence-corrected chi connectivity index (χ3v) is 5.83. The molecule has 1 unspecified atom stereocenters. The molecule has 0 radical (unpaired) electrons. The van der Waals surface area contributed by atoms with Gasteiger partial charge >= 0.3 is 0 Å². The van der Waals surface area contributed by atoms with Crippen LogP contribution in [0.1, 0.15) is 31.5 Å². The molecule has 1 atom stereocenters. The Bertz CT molecular complexity index is 759. The summed E-state index contributed by atoms with van der Waals surface area (Å²) in [6.45, 7) is 13.5. The maximum atomic E-state index is 5.98. The summed E-state index contributed by atoms with van der Waals surface area (Å²) in [6, 6.07) is 4.18. The number of hydrogen-bond donors (Lipinski definition) is 2. The first kappa shape index (κ1) is 22.7. The summed E-state index contributed by atoms with van der Waals surface area (Å²) >= 11 is 1.73. The monoisotopic (exact) mass is 433 g/mol.